The van der Waals surface area contributed by atoms with Crippen LogP contribution in [-0.2, 0) is 10.5 Å². The maximum atomic E-state index is 11.5. The Balaban J connectivity index is 1.80. The van der Waals surface area contributed by atoms with Gasteiger partial charge >= 0.3 is 5.97 Å². The van der Waals surface area contributed by atoms with Gasteiger partial charge in [0.15, 0.2) is 0 Å². The fourth-order valence-corrected chi connectivity index (χ4v) is 3.41. The lowest BCUT2D eigenvalue weighted by Gasteiger charge is -2.09. The van der Waals surface area contributed by atoms with E-state index in [2.05, 4.69) is 4.98 Å². The van der Waals surface area contributed by atoms with Gasteiger partial charge in [0.1, 0.15) is 0 Å². The minimum absolute atomic E-state index is 0.353. The summed E-state index contributed by atoms with van der Waals surface area (Å²) in [5.41, 5.74) is 1.75. The van der Waals surface area contributed by atoms with Crippen molar-refractivity contribution in [3.63, 3.8) is 0 Å². The van der Waals surface area contributed by atoms with E-state index in [0.717, 1.165) is 11.3 Å². The van der Waals surface area contributed by atoms with Crippen molar-refractivity contribution in [2.24, 2.45) is 0 Å². The minimum Gasteiger partial charge on any atom is -0.461 e. The van der Waals surface area contributed by atoms with Crippen molar-refractivity contribution in [2.75, 3.05) is 12.4 Å². The molecule has 1 aromatic heterocycles. The molecule has 112 valence electrons. The Morgan fingerprint density at radius 1 is 1.43 bits per heavy atom. The van der Waals surface area contributed by atoms with Crippen molar-refractivity contribution in [1.29, 1.82) is 0 Å². The van der Waals surface area contributed by atoms with E-state index in [0.29, 0.717) is 23.1 Å². The zero-order chi connectivity index (χ0) is 15.1. The SMILES string of the molecule is CCOC(=O)c1nc(CSCC(O)c2ccccc2)cs1. The summed E-state index contributed by atoms with van der Waals surface area (Å²) in [6, 6.07) is 9.57. The van der Waals surface area contributed by atoms with Crippen LogP contribution in [0.4, 0.5) is 0 Å². The lowest BCUT2D eigenvalue weighted by Crippen LogP contribution is -2.04. The second-order valence-electron chi connectivity index (χ2n) is 4.31. The minimum atomic E-state index is -0.487. The summed E-state index contributed by atoms with van der Waals surface area (Å²) in [6.45, 7) is 2.12. The van der Waals surface area contributed by atoms with Gasteiger partial charge in [-0.05, 0) is 12.5 Å². The summed E-state index contributed by atoms with van der Waals surface area (Å²) in [5.74, 6) is 0.888. The van der Waals surface area contributed by atoms with Gasteiger partial charge in [-0.15, -0.1) is 11.3 Å². The molecule has 0 amide bonds. The topological polar surface area (TPSA) is 59.4 Å². The van der Waals surface area contributed by atoms with Crippen LogP contribution in [0.3, 0.4) is 0 Å². The molecule has 1 unspecified atom stereocenters. The summed E-state index contributed by atoms with van der Waals surface area (Å²) in [5, 5.41) is 12.3. The Labute approximate surface area is 132 Å². The maximum absolute atomic E-state index is 11.5. The smallest absolute Gasteiger partial charge is 0.367 e. The number of carbonyl (C=O) groups excluding carboxylic acids is 1. The molecule has 1 atom stereocenters. The number of aromatic nitrogens is 1. The van der Waals surface area contributed by atoms with Crippen LogP contribution >= 0.6 is 23.1 Å². The predicted octanol–water partition coefficient (Wildman–Crippen LogP) is 3.29. The number of carbonyl (C=O) groups is 1. The van der Waals surface area contributed by atoms with Crippen molar-refractivity contribution >= 4 is 29.1 Å². The molecule has 1 heterocycles. The first-order valence-electron chi connectivity index (χ1n) is 6.63. The van der Waals surface area contributed by atoms with Crippen LogP contribution in [0, 0.1) is 0 Å². The van der Waals surface area contributed by atoms with Crippen LogP contribution in [0.5, 0.6) is 0 Å². The number of nitrogens with zero attached hydrogens (tertiary/aromatic N) is 1. The monoisotopic (exact) mass is 323 g/mol. The Kier molecular flexibility index (Phi) is 6.22. The number of thioether (sulfide) groups is 1. The van der Waals surface area contributed by atoms with Crippen LogP contribution in [0.2, 0.25) is 0 Å². The molecule has 0 aliphatic heterocycles. The van der Waals surface area contributed by atoms with Crippen LogP contribution in [0.1, 0.15) is 34.1 Å². The number of thiazole rings is 1. The molecule has 2 aromatic rings. The quantitative estimate of drug-likeness (QED) is 0.792. The van der Waals surface area contributed by atoms with Gasteiger partial charge < -0.3 is 9.84 Å². The first-order valence-corrected chi connectivity index (χ1v) is 8.66. The van der Waals surface area contributed by atoms with Crippen molar-refractivity contribution in [3.05, 3.63) is 52.0 Å². The van der Waals surface area contributed by atoms with Crippen LogP contribution in [0.15, 0.2) is 35.7 Å². The Morgan fingerprint density at radius 3 is 2.90 bits per heavy atom. The van der Waals surface area contributed by atoms with Crippen molar-refractivity contribution in [1.82, 2.24) is 4.98 Å². The number of hydrogen-bond acceptors (Lipinski definition) is 6. The van der Waals surface area contributed by atoms with Crippen molar-refractivity contribution in [2.45, 2.75) is 18.8 Å². The molecular weight excluding hydrogens is 306 g/mol. The highest BCUT2D eigenvalue weighted by molar-refractivity contribution is 7.98. The van der Waals surface area contributed by atoms with Gasteiger partial charge in [0.05, 0.1) is 18.4 Å². The van der Waals surface area contributed by atoms with Gasteiger partial charge in [0.2, 0.25) is 5.01 Å². The van der Waals surface area contributed by atoms with E-state index >= 15 is 0 Å². The molecule has 0 fully saturated rings. The molecule has 0 spiro atoms. The number of aliphatic hydroxyl groups excluding tert-OH is 1. The number of esters is 1. The summed E-state index contributed by atoms with van der Waals surface area (Å²) >= 11 is 2.88. The first-order chi connectivity index (χ1) is 10.2. The fourth-order valence-electron chi connectivity index (χ4n) is 1.71. The molecule has 0 saturated heterocycles. The predicted molar refractivity (Wildman–Crippen MR) is 85.6 cm³/mol. The van der Waals surface area contributed by atoms with Crippen molar-refractivity contribution in [3.8, 4) is 0 Å². The highest BCUT2D eigenvalue weighted by Gasteiger charge is 2.12. The zero-order valence-electron chi connectivity index (χ0n) is 11.7. The summed E-state index contributed by atoms with van der Waals surface area (Å²) < 4.78 is 4.90. The van der Waals surface area contributed by atoms with Crippen LogP contribution in [0.25, 0.3) is 0 Å². The highest BCUT2D eigenvalue weighted by atomic mass is 32.2. The van der Waals surface area contributed by atoms with E-state index in [4.69, 9.17) is 4.74 Å². The molecule has 0 bridgehead atoms. The Bertz CT molecular complexity index is 571. The molecule has 0 radical (unpaired) electrons. The summed E-state index contributed by atoms with van der Waals surface area (Å²) in [4.78, 5) is 15.7. The summed E-state index contributed by atoms with van der Waals surface area (Å²) in [7, 11) is 0. The van der Waals surface area contributed by atoms with Gasteiger partial charge in [-0.3, -0.25) is 0 Å². The molecule has 1 N–H and O–H groups in total. The summed E-state index contributed by atoms with van der Waals surface area (Å²) in [6.07, 6.45) is -0.487. The van der Waals surface area contributed by atoms with E-state index < -0.39 is 6.10 Å². The Morgan fingerprint density at radius 2 is 2.19 bits per heavy atom. The third-order valence-corrected chi connectivity index (χ3v) is 4.63. The number of hydrogen-bond donors (Lipinski definition) is 1. The van der Waals surface area contributed by atoms with Gasteiger partial charge in [-0.2, -0.15) is 11.8 Å². The Hall–Kier alpha value is -1.37. The molecule has 2 rings (SSSR count). The van der Waals surface area contributed by atoms with Crippen molar-refractivity contribution < 1.29 is 14.6 Å². The maximum Gasteiger partial charge on any atom is 0.367 e. The number of ether oxygens (including phenoxy) is 1. The number of rotatable bonds is 7. The average molecular weight is 323 g/mol. The second kappa shape index (κ2) is 8.17. The van der Waals surface area contributed by atoms with E-state index in [1.807, 2.05) is 35.7 Å². The zero-order valence-corrected chi connectivity index (χ0v) is 13.3. The highest BCUT2D eigenvalue weighted by Crippen LogP contribution is 2.22. The molecule has 0 aliphatic carbocycles. The standard InChI is InChI=1S/C15H17NO3S2/c1-2-19-15(18)14-16-12(9-21-14)8-20-10-13(17)11-6-4-3-5-7-11/h3-7,9,13,17H,2,8,10H2,1H3. The van der Waals surface area contributed by atoms with E-state index in [1.54, 1.807) is 18.7 Å². The van der Waals surface area contributed by atoms with Crippen LogP contribution < -0.4 is 0 Å². The first kappa shape index (κ1) is 16.0. The van der Waals surface area contributed by atoms with Gasteiger partial charge in [0.25, 0.3) is 0 Å². The third kappa shape index (κ3) is 4.84. The average Bonchev–Trinajstić information content (AvgIpc) is 2.97. The lowest BCUT2D eigenvalue weighted by atomic mass is 10.1. The molecule has 4 nitrogen and oxygen atoms in total. The van der Waals surface area contributed by atoms with E-state index in [-0.39, 0.29) is 5.97 Å². The molecule has 0 saturated carbocycles. The number of aliphatic hydroxyl groups is 1. The molecule has 0 aliphatic rings. The van der Waals surface area contributed by atoms with E-state index in [9.17, 15) is 9.90 Å². The normalized spacial score (nSPS) is 12.1. The fraction of sp³-hybridized carbons (Fsp3) is 0.333. The van der Waals surface area contributed by atoms with Crippen LogP contribution in [-0.4, -0.2) is 28.4 Å². The molecule has 6 heteroatoms. The largest absolute Gasteiger partial charge is 0.461 e. The molecule has 1 aromatic carbocycles. The van der Waals surface area contributed by atoms with Gasteiger partial charge in [-0.1, -0.05) is 30.3 Å². The molecule has 21 heavy (non-hydrogen) atoms. The van der Waals surface area contributed by atoms with Gasteiger partial charge in [0, 0.05) is 16.9 Å². The second-order valence-corrected chi connectivity index (χ2v) is 6.19. The third-order valence-electron chi connectivity index (χ3n) is 2.71. The van der Waals surface area contributed by atoms with E-state index in [1.165, 1.54) is 11.3 Å². The molecular formula is C15H17NO3S2. The lowest BCUT2D eigenvalue weighted by molar-refractivity contribution is 0.0525. The number of benzene rings is 1. The van der Waals surface area contributed by atoms with Gasteiger partial charge in [-0.25, -0.2) is 9.78 Å².